The zero-order valence-corrected chi connectivity index (χ0v) is 14.4. The molecule has 0 aliphatic rings. The number of rotatable bonds is 5. The molecule has 0 amide bonds. The molecule has 0 unspecified atom stereocenters. The lowest BCUT2D eigenvalue weighted by Gasteiger charge is -2.08. The number of non-ortho nitro benzene ring substituents is 1. The minimum Gasteiger partial charge on any atom is -0.442 e. The Morgan fingerprint density at radius 1 is 0.759 bits per heavy atom. The Hall–Kier alpha value is -4.54. The van der Waals surface area contributed by atoms with Gasteiger partial charge in [0.05, 0.1) is 32.4 Å². The summed E-state index contributed by atoms with van der Waals surface area (Å²) in [5.41, 5.74) is -1.26. The number of ether oxygens (including phenoxy) is 1. The van der Waals surface area contributed by atoms with Crippen LogP contribution in [0.5, 0.6) is 11.5 Å². The number of benzene rings is 3. The molecule has 11 heteroatoms. The summed E-state index contributed by atoms with van der Waals surface area (Å²) in [5, 5.41) is 35.5. The highest BCUT2D eigenvalue weighted by Crippen LogP contribution is 2.44. The van der Waals surface area contributed by atoms with Gasteiger partial charge in [-0.1, -0.05) is 30.3 Å². The lowest BCUT2D eigenvalue weighted by atomic mass is 10.1. The van der Waals surface area contributed by atoms with Crippen LogP contribution in [-0.4, -0.2) is 19.8 Å². The van der Waals surface area contributed by atoms with Gasteiger partial charge >= 0.3 is 11.4 Å². The number of hydrogen-bond donors (Lipinski definition) is 1. The summed E-state index contributed by atoms with van der Waals surface area (Å²) in [6.45, 7) is 0. The van der Waals surface area contributed by atoms with Crippen LogP contribution < -0.4 is 4.74 Å². The molecule has 1 aromatic heterocycles. The molecule has 11 nitrogen and oxygen atoms in total. The third kappa shape index (κ3) is 2.96. The summed E-state index contributed by atoms with van der Waals surface area (Å²) >= 11 is 0. The van der Waals surface area contributed by atoms with E-state index in [1.54, 1.807) is 12.1 Å². The maximum atomic E-state index is 11.4. The molecular weight excluding hydrogens is 384 g/mol. The van der Waals surface area contributed by atoms with E-state index in [4.69, 9.17) is 4.74 Å². The number of aromatic amines is 1. The second-order valence-electron chi connectivity index (χ2n) is 6.04. The Labute approximate surface area is 160 Å². The minimum absolute atomic E-state index is 0.110. The molecule has 4 rings (SSSR count). The van der Waals surface area contributed by atoms with Gasteiger partial charge in [-0.25, -0.2) is 0 Å². The van der Waals surface area contributed by atoms with E-state index in [1.807, 2.05) is 24.3 Å². The van der Waals surface area contributed by atoms with Crippen molar-refractivity contribution < 1.29 is 19.5 Å². The molecule has 0 saturated carbocycles. The molecule has 0 saturated heterocycles. The third-order valence-corrected chi connectivity index (χ3v) is 4.35. The van der Waals surface area contributed by atoms with Crippen molar-refractivity contribution in [2.45, 2.75) is 0 Å². The van der Waals surface area contributed by atoms with Crippen LogP contribution in [0.15, 0.2) is 54.6 Å². The van der Waals surface area contributed by atoms with Crippen molar-refractivity contribution in [3.63, 3.8) is 0 Å². The van der Waals surface area contributed by atoms with E-state index in [0.717, 1.165) is 16.3 Å². The van der Waals surface area contributed by atoms with Gasteiger partial charge in [0.2, 0.25) is 0 Å². The SMILES string of the molecule is O=[N+]([O-])c1cc([N+](=O)[O-])c(Oc2cccc3c2[nH]c2ccccc23)c([N+](=O)[O-])c1. The summed E-state index contributed by atoms with van der Waals surface area (Å²) in [6.07, 6.45) is 0. The first-order valence-electron chi connectivity index (χ1n) is 8.15. The fraction of sp³-hybridized carbons (Fsp3) is 0. The molecule has 0 bridgehead atoms. The van der Waals surface area contributed by atoms with Gasteiger partial charge in [-0.05, 0) is 12.1 Å². The van der Waals surface area contributed by atoms with Crippen molar-refractivity contribution in [1.29, 1.82) is 0 Å². The fourth-order valence-electron chi connectivity index (χ4n) is 3.11. The lowest BCUT2D eigenvalue weighted by Crippen LogP contribution is -2.01. The molecule has 3 aromatic carbocycles. The molecular formula is C18H10N4O7. The van der Waals surface area contributed by atoms with Gasteiger partial charge in [-0.3, -0.25) is 30.3 Å². The summed E-state index contributed by atoms with van der Waals surface area (Å²) in [6, 6.07) is 13.6. The van der Waals surface area contributed by atoms with E-state index in [0.29, 0.717) is 17.6 Å². The predicted octanol–water partition coefficient (Wildman–Crippen LogP) is 4.84. The standard InChI is InChI=1S/C18H10N4O7/c23-20(24)10-8-14(21(25)26)18(15(9-10)22(27)28)29-16-7-3-5-12-11-4-1-2-6-13(11)19-17(12)16/h1-9,19H. The van der Waals surface area contributed by atoms with E-state index in [1.165, 1.54) is 6.07 Å². The molecule has 0 atom stereocenters. The van der Waals surface area contributed by atoms with Gasteiger partial charge < -0.3 is 9.72 Å². The Bertz CT molecular complexity index is 1290. The summed E-state index contributed by atoms with van der Waals surface area (Å²) in [5.74, 6) is -0.574. The molecule has 4 aromatic rings. The number of hydrogen-bond acceptors (Lipinski definition) is 7. The average molecular weight is 394 g/mol. The van der Waals surface area contributed by atoms with Crippen molar-refractivity contribution in [1.82, 2.24) is 4.98 Å². The van der Waals surface area contributed by atoms with Gasteiger partial charge in [0, 0.05) is 16.3 Å². The first-order chi connectivity index (χ1) is 13.9. The fourth-order valence-corrected chi connectivity index (χ4v) is 3.11. The molecule has 0 aliphatic heterocycles. The summed E-state index contributed by atoms with van der Waals surface area (Å²) in [7, 11) is 0. The lowest BCUT2D eigenvalue weighted by molar-refractivity contribution is -0.404. The molecule has 144 valence electrons. The molecule has 0 fully saturated rings. The predicted molar refractivity (Wildman–Crippen MR) is 102 cm³/mol. The third-order valence-electron chi connectivity index (χ3n) is 4.35. The van der Waals surface area contributed by atoms with E-state index >= 15 is 0 Å². The van der Waals surface area contributed by atoms with Crippen molar-refractivity contribution >= 4 is 38.9 Å². The number of nitro benzene ring substituents is 3. The molecule has 29 heavy (non-hydrogen) atoms. The second-order valence-corrected chi connectivity index (χ2v) is 6.04. The van der Waals surface area contributed by atoms with Crippen molar-refractivity contribution in [2.75, 3.05) is 0 Å². The van der Waals surface area contributed by atoms with Crippen LogP contribution in [0.3, 0.4) is 0 Å². The van der Waals surface area contributed by atoms with Crippen LogP contribution in [0.2, 0.25) is 0 Å². The Balaban J connectivity index is 1.95. The molecule has 0 radical (unpaired) electrons. The highest BCUT2D eigenvalue weighted by Gasteiger charge is 2.33. The van der Waals surface area contributed by atoms with Crippen LogP contribution in [0.25, 0.3) is 21.8 Å². The number of aromatic nitrogens is 1. The highest BCUT2D eigenvalue weighted by atomic mass is 16.6. The van der Waals surface area contributed by atoms with Gasteiger partial charge in [-0.15, -0.1) is 0 Å². The first kappa shape index (κ1) is 17.9. The monoisotopic (exact) mass is 394 g/mol. The van der Waals surface area contributed by atoms with Crippen LogP contribution in [0.4, 0.5) is 17.1 Å². The van der Waals surface area contributed by atoms with Crippen molar-refractivity contribution in [3.05, 3.63) is 84.9 Å². The normalized spacial score (nSPS) is 10.9. The second kappa shape index (κ2) is 6.56. The largest absolute Gasteiger partial charge is 0.442 e. The zero-order chi connectivity index (χ0) is 20.7. The van der Waals surface area contributed by atoms with Gasteiger partial charge in [0.15, 0.2) is 5.75 Å². The average Bonchev–Trinajstić information content (AvgIpc) is 3.07. The van der Waals surface area contributed by atoms with E-state index in [2.05, 4.69) is 4.98 Å². The molecule has 1 heterocycles. The zero-order valence-electron chi connectivity index (χ0n) is 14.4. The maximum absolute atomic E-state index is 11.4. The maximum Gasteiger partial charge on any atom is 0.325 e. The van der Waals surface area contributed by atoms with Crippen LogP contribution in [-0.2, 0) is 0 Å². The first-order valence-corrected chi connectivity index (χ1v) is 8.15. The van der Waals surface area contributed by atoms with Crippen molar-refractivity contribution in [3.8, 4) is 11.5 Å². The van der Waals surface area contributed by atoms with E-state index < -0.39 is 37.6 Å². The Morgan fingerprint density at radius 2 is 1.38 bits per heavy atom. The topological polar surface area (TPSA) is 154 Å². The number of para-hydroxylation sites is 2. The Morgan fingerprint density at radius 3 is 2.00 bits per heavy atom. The highest BCUT2D eigenvalue weighted by molar-refractivity contribution is 6.09. The quantitative estimate of drug-likeness (QED) is 0.375. The van der Waals surface area contributed by atoms with E-state index in [9.17, 15) is 30.3 Å². The smallest absolute Gasteiger partial charge is 0.325 e. The van der Waals surface area contributed by atoms with Gasteiger partial charge in [0.25, 0.3) is 11.4 Å². The van der Waals surface area contributed by atoms with Crippen LogP contribution >= 0.6 is 0 Å². The van der Waals surface area contributed by atoms with Gasteiger partial charge in [0.1, 0.15) is 0 Å². The van der Waals surface area contributed by atoms with Crippen LogP contribution in [0, 0.1) is 30.3 Å². The van der Waals surface area contributed by atoms with Crippen molar-refractivity contribution in [2.24, 2.45) is 0 Å². The minimum atomic E-state index is -0.958. The summed E-state index contributed by atoms with van der Waals surface area (Å²) in [4.78, 5) is 34.1. The molecule has 0 spiro atoms. The number of H-pyrrole nitrogens is 1. The molecule has 1 N–H and O–H groups in total. The van der Waals surface area contributed by atoms with Gasteiger partial charge in [-0.2, -0.15) is 0 Å². The number of nitrogens with zero attached hydrogens (tertiary/aromatic N) is 3. The number of nitro groups is 3. The number of fused-ring (bicyclic) bond motifs is 3. The Kier molecular flexibility index (Phi) is 4.04. The molecule has 0 aliphatic carbocycles. The summed E-state index contributed by atoms with van der Waals surface area (Å²) < 4.78 is 5.60. The van der Waals surface area contributed by atoms with Crippen LogP contribution in [0.1, 0.15) is 0 Å². The number of nitrogens with one attached hydrogen (secondary N) is 1. The van der Waals surface area contributed by atoms with E-state index in [-0.39, 0.29) is 5.75 Å².